The Morgan fingerprint density at radius 3 is 2.33 bits per heavy atom. The van der Waals surface area contributed by atoms with E-state index < -0.39 is 0 Å². The molecule has 0 aliphatic heterocycles. The Morgan fingerprint density at radius 1 is 1.04 bits per heavy atom. The molecule has 3 rings (SSSR count). The highest BCUT2D eigenvalue weighted by molar-refractivity contribution is 6.37. The molecule has 0 saturated heterocycles. The van der Waals surface area contributed by atoms with E-state index in [2.05, 4.69) is 6.07 Å². The summed E-state index contributed by atoms with van der Waals surface area (Å²) in [5.41, 5.74) is 2.66. The zero-order valence-electron chi connectivity index (χ0n) is 14.5. The molecule has 0 unspecified atom stereocenters. The summed E-state index contributed by atoms with van der Waals surface area (Å²) in [6.45, 7) is 0. The topological polar surface area (TPSA) is 85.5 Å². The number of rotatable bonds is 3. The fourth-order valence-corrected chi connectivity index (χ4v) is 3.67. The molecule has 0 aliphatic rings. The van der Waals surface area contributed by atoms with Crippen LogP contribution in [0.2, 0.25) is 10.0 Å². The Labute approximate surface area is 166 Å². The summed E-state index contributed by atoms with van der Waals surface area (Å²) < 4.78 is 7.12. The van der Waals surface area contributed by atoms with Crippen LogP contribution in [0.15, 0.2) is 24.3 Å². The Balaban J connectivity index is 2.25. The number of aryl methyl sites for hydroxylation is 1. The minimum atomic E-state index is 0.0853. The molecule has 132 valence electrons. The van der Waals surface area contributed by atoms with E-state index in [9.17, 15) is 15.8 Å². The molecule has 0 atom stereocenters. The predicted molar refractivity (Wildman–Crippen MR) is 103 cm³/mol. The first-order chi connectivity index (χ1) is 13.0. The Morgan fingerprint density at radius 2 is 1.74 bits per heavy atom. The van der Waals surface area contributed by atoms with Gasteiger partial charge in [0.15, 0.2) is 0 Å². The van der Waals surface area contributed by atoms with Gasteiger partial charge in [0.1, 0.15) is 24.0 Å². The summed E-state index contributed by atoms with van der Waals surface area (Å²) in [5.74, 6) is 0.520. The van der Waals surface area contributed by atoms with Gasteiger partial charge in [0.05, 0.1) is 34.3 Å². The molecular formula is C20H12Cl2N4O. The van der Waals surface area contributed by atoms with Gasteiger partial charge in [0.25, 0.3) is 0 Å². The van der Waals surface area contributed by atoms with Crippen molar-refractivity contribution in [3.63, 3.8) is 0 Å². The van der Waals surface area contributed by atoms with Gasteiger partial charge in [-0.2, -0.15) is 15.8 Å². The standard InChI is InChI=1S/C20H12Cl2N4O/c1-26-12(7-14-17(21)3-4-19(27-2)20(14)22)6-13-16(10-25)15(9-24)11(8-23)5-18(13)26/h3-6H,7H2,1-2H3. The van der Waals surface area contributed by atoms with Crippen molar-refractivity contribution < 1.29 is 4.74 Å². The van der Waals surface area contributed by atoms with Gasteiger partial charge in [0.2, 0.25) is 0 Å². The van der Waals surface area contributed by atoms with Crippen LogP contribution in [0.25, 0.3) is 10.9 Å². The smallest absolute Gasteiger partial charge is 0.137 e. The average Bonchev–Trinajstić information content (AvgIpc) is 2.98. The summed E-state index contributed by atoms with van der Waals surface area (Å²) in [4.78, 5) is 0. The summed E-state index contributed by atoms with van der Waals surface area (Å²) in [7, 11) is 3.36. The van der Waals surface area contributed by atoms with Crippen molar-refractivity contribution in [2.75, 3.05) is 7.11 Å². The van der Waals surface area contributed by atoms with E-state index in [1.165, 1.54) is 7.11 Å². The highest BCUT2D eigenvalue weighted by Crippen LogP contribution is 2.36. The molecule has 2 aromatic carbocycles. The van der Waals surface area contributed by atoms with Crippen molar-refractivity contribution in [3.05, 3.63) is 62.3 Å². The molecule has 1 aromatic heterocycles. The second kappa shape index (κ2) is 7.22. The van der Waals surface area contributed by atoms with Crippen molar-refractivity contribution in [1.29, 1.82) is 15.8 Å². The first-order valence-corrected chi connectivity index (χ1v) is 8.58. The predicted octanol–water partition coefficient (Wildman–Crippen LogP) is 4.70. The van der Waals surface area contributed by atoms with Gasteiger partial charge in [-0.05, 0) is 29.8 Å². The van der Waals surface area contributed by atoms with Crippen LogP contribution in [0.1, 0.15) is 27.9 Å². The van der Waals surface area contributed by atoms with Gasteiger partial charge in [-0.15, -0.1) is 0 Å². The zero-order chi connectivity index (χ0) is 19.7. The average molecular weight is 395 g/mol. The maximum absolute atomic E-state index is 9.54. The molecule has 0 amide bonds. The van der Waals surface area contributed by atoms with E-state index in [1.807, 2.05) is 29.8 Å². The number of methoxy groups -OCH3 is 1. The molecule has 0 aliphatic carbocycles. The number of aromatic nitrogens is 1. The van der Waals surface area contributed by atoms with Crippen LogP contribution in [0.5, 0.6) is 5.75 Å². The number of benzene rings is 2. The number of halogens is 2. The highest BCUT2D eigenvalue weighted by atomic mass is 35.5. The molecule has 0 saturated carbocycles. The lowest BCUT2D eigenvalue weighted by atomic mass is 9.99. The van der Waals surface area contributed by atoms with Crippen LogP contribution < -0.4 is 4.74 Å². The number of fused-ring (bicyclic) bond motifs is 1. The lowest BCUT2D eigenvalue weighted by Crippen LogP contribution is -2.00. The second-order valence-electron chi connectivity index (χ2n) is 5.86. The number of nitrogens with zero attached hydrogens (tertiary/aromatic N) is 4. The van der Waals surface area contributed by atoms with E-state index >= 15 is 0 Å². The third-order valence-electron chi connectivity index (χ3n) is 4.52. The first-order valence-electron chi connectivity index (χ1n) is 7.83. The van der Waals surface area contributed by atoms with Crippen molar-refractivity contribution in [2.45, 2.75) is 6.42 Å². The Hall–Kier alpha value is -3.17. The van der Waals surface area contributed by atoms with Crippen LogP contribution in [0.4, 0.5) is 0 Å². The minimum absolute atomic E-state index is 0.0853. The normalized spacial score (nSPS) is 10.3. The third-order valence-corrected chi connectivity index (χ3v) is 5.29. The van der Waals surface area contributed by atoms with Gasteiger partial charge < -0.3 is 9.30 Å². The number of nitriles is 3. The maximum atomic E-state index is 9.54. The molecule has 5 nitrogen and oxygen atoms in total. The number of ether oxygens (including phenoxy) is 1. The molecule has 0 N–H and O–H groups in total. The summed E-state index contributed by atoms with van der Waals surface area (Å²) in [6, 6.07) is 12.8. The fraction of sp³-hybridized carbons (Fsp3) is 0.150. The van der Waals surface area contributed by atoms with E-state index in [0.717, 1.165) is 5.69 Å². The largest absolute Gasteiger partial charge is 0.495 e. The fourth-order valence-electron chi connectivity index (χ4n) is 3.09. The lowest BCUT2D eigenvalue weighted by Gasteiger charge is -2.11. The molecule has 1 heterocycles. The second-order valence-corrected chi connectivity index (χ2v) is 6.64. The number of hydrogen-bond donors (Lipinski definition) is 0. The van der Waals surface area contributed by atoms with Crippen LogP contribution in [0, 0.1) is 34.0 Å². The van der Waals surface area contributed by atoms with E-state index in [0.29, 0.717) is 38.7 Å². The van der Waals surface area contributed by atoms with E-state index in [1.54, 1.807) is 18.2 Å². The zero-order valence-corrected chi connectivity index (χ0v) is 16.0. The molecule has 3 aromatic rings. The maximum Gasteiger partial charge on any atom is 0.137 e. The van der Waals surface area contributed by atoms with Crippen LogP contribution in [0.3, 0.4) is 0 Å². The lowest BCUT2D eigenvalue weighted by molar-refractivity contribution is 0.414. The van der Waals surface area contributed by atoms with E-state index in [-0.39, 0.29) is 16.7 Å². The van der Waals surface area contributed by atoms with Crippen molar-refractivity contribution in [1.82, 2.24) is 4.57 Å². The molecule has 27 heavy (non-hydrogen) atoms. The SMILES string of the molecule is COc1ccc(Cl)c(Cc2cc3c(C#N)c(C#N)c(C#N)cc3n2C)c1Cl. The van der Waals surface area contributed by atoms with E-state index in [4.69, 9.17) is 27.9 Å². The molecular weight excluding hydrogens is 383 g/mol. The molecule has 7 heteroatoms. The van der Waals surface area contributed by atoms with Crippen LogP contribution in [-0.2, 0) is 13.5 Å². The highest BCUT2D eigenvalue weighted by Gasteiger charge is 2.19. The Bertz CT molecular complexity index is 1210. The number of hydrogen-bond acceptors (Lipinski definition) is 4. The van der Waals surface area contributed by atoms with Gasteiger partial charge in [0, 0.05) is 29.6 Å². The summed E-state index contributed by atoms with van der Waals surface area (Å²) in [6.07, 6.45) is 0.398. The minimum Gasteiger partial charge on any atom is -0.495 e. The van der Waals surface area contributed by atoms with Crippen LogP contribution in [-0.4, -0.2) is 11.7 Å². The monoisotopic (exact) mass is 394 g/mol. The van der Waals surface area contributed by atoms with Gasteiger partial charge in [-0.25, -0.2) is 0 Å². The van der Waals surface area contributed by atoms with Crippen molar-refractivity contribution in [3.8, 4) is 24.0 Å². The van der Waals surface area contributed by atoms with Crippen LogP contribution >= 0.6 is 23.2 Å². The quantitative estimate of drug-likeness (QED) is 0.643. The molecule has 0 spiro atoms. The molecule has 0 radical (unpaired) electrons. The van der Waals surface area contributed by atoms with Gasteiger partial charge in [-0.1, -0.05) is 23.2 Å². The first kappa shape index (κ1) is 18.6. The Kier molecular flexibility index (Phi) is 4.98. The van der Waals surface area contributed by atoms with Crippen molar-refractivity contribution in [2.24, 2.45) is 7.05 Å². The molecule has 0 bridgehead atoms. The van der Waals surface area contributed by atoms with Gasteiger partial charge in [-0.3, -0.25) is 0 Å². The third kappa shape index (κ3) is 2.96. The van der Waals surface area contributed by atoms with Gasteiger partial charge >= 0.3 is 0 Å². The summed E-state index contributed by atoms with van der Waals surface area (Å²) in [5, 5.41) is 29.8. The summed E-state index contributed by atoms with van der Waals surface area (Å²) >= 11 is 12.7. The van der Waals surface area contributed by atoms with Crippen molar-refractivity contribution >= 4 is 34.1 Å². The molecule has 0 fully saturated rings.